The molecule has 0 saturated carbocycles. The van der Waals surface area contributed by atoms with Crippen molar-refractivity contribution < 1.29 is 19.1 Å². The minimum atomic E-state index is -0.619. The summed E-state index contributed by atoms with van der Waals surface area (Å²) in [5, 5.41) is 4.75. The number of hydrogen-bond acceptors (Lipinski definition) is 4. The monoisotopic (exact) mass is 426 g/mol. The highest BCUT2D eigenvalue weighted by Crippen LogP contribution is 2.19. The van der Waals surface area contributed by atoms with Gasteiger partial charge in [-0.2, -0.15) is 0 Å². The third-order valence-electron chi connectivity index (χ3n) is 2.80. The molecule has 7 heteroatoms. The van der Waals surface area contributed by atoms with E-state index >= 15 is 0 Å². The molecule has 0 heterocycles. The fourth-order valence-electron chi connectivity index (χ4n) is 1.70. The van der Waals surface area contributed by atoms with Crippen molar-refractivity contribution in [3.8, 4) is 11.5 Å². The smallest absolute Gasteiger partial charge is 0.325 e. The van der Waals surface area contributed by atoms with E-state index in [1.165, 1.54) is 0 Å². The largest absolute Gasteiger partial charge is 0.497 e. The Hall–Kier alpha value is -2.29. The SMILES string of the molecule is COc1ccc(NC(=O)NC(=O)COc2ccccc2I)cc1. The number of ether oxygens (including phenoxy) is 2. The Bertz CT molecular complexity index is 689. The second-order valence-electron chi connectivity index (χ2n) is 4.45. The summed E-state index contributed by atoms with van der Waals surface area (Å²) in [6.45, 7) is -0.240. The molecule has 0 aromatic heterocycles. The van der Waals surface area contributed by atoms with Gasteiger partial charge in [-0.15, -0.1) is 0 Å². The number of methoxy groups -OCH3 is 1. The molecule has 0 fully saturated rings. The fraction of sp³-hybridized carbons (Fsp3) is 0.125. The lowest BCUT2D eigenvalue weighted by Gasteiger charge is -2.09. The number of rotatable bonds is 5. The average Bonchev–Trinajstić information content (AvgIpc) is 2.54. The van der Waals surface area contributed by atoms with Crippen LogP contribution in [0.2, 0.25) is 0 Å². The molecule has 0 saturated heterocycles. The second-order valence-corrected chi connectivity index (χ2v) is 5.61. The predicted molar refractivity (Wildman–Crippen MR) is 94.8 cm³/mol. The first kappa shape index (κ1) is 17.1. The summed E-state index contributed by atoms with van der Waals surface area (Å²) >= 11 is 2.11. The van der Waals surface area contributed by atoms with Crippen molar-refractivity contribution in [3.05, 3.63) is 52.1 Å². The van der Waals surface area contributed by atoms with Gasteiger partial charge in [-0.05, 0) is 59.0 Å². The van der Waals surface area contributed by atoms with Gasteiger partial charge in [0.1, 0.15) is 11.5 Å². The van der Waals surface area contributed by atoms with Gasteiger partial charge in [0.05, 0.1) is 10.7 Å². The highest BCUT2D eigenvalue weighted by Gasteiger charge is 2.09. The first-order valence-corrected chi connectivity index (χ1v) is 7.78. The van der Waals surface area contributed by atoms with Crippen molar-refractivity contribution in [1.82, 2.24) is 5.32 Å². The van der Waals surface area contributed by atoms with Crippen LogP contribution in [-0.2, 0) is 4.79 Å². The summed E-state index contributed by atoms with van der Waals surface area (Å²) in [5.41, 5.74) is 0.551. The molecule has 120 valence electrons. The van der Waals surface area contributed by atoms with E-state index in [1.807, 2.05) is 18.2 Å². The molecule has 2 rings (SSSR count). The third-order valence-corrected chi connectivity index (χ3v) is 3.69. The molecule has 0 aliphatic rings. The number of carbonyl (C=O) groups is 2. The van der Waals surface area contributed by atoms with Crippen molar-refractivity contribution in [2.75, 3.05) is 19.0 Å². The van der Waals surface area contributed by atoms with Gasteiger partial charge in [0.2, 0.25) is 0 Å². The molecule has 2 aromatic rings. The van der Waals surface area contributed by atoms with Crippen LogP contribution >= 0.6 is 22.6 Å². The molecule has 23 heavy (non-hydrogen) atoms. The van der Waals surface area contributed by atoms with Gasteiger partial charge in [0.25, 0.3) is 5.91 Å². The molecule has 2 aromatic carbocycles. The van der Waals surface area contributed by atoms with Crippen LogP contribution in [0.25, 0.3) is 0 Å². The lowest BCUT2D eigenvalue weighted by atomic mass is 10.3. The number of carbonyl (C=O) groups excluding carboxylic acids is 2. The molecule has 3 amide bonds. The van der Waals surface area contributed by atoms with Gasteiger partial charge in [-0.1, -0.05) is 12.1 Å². The van der Waals surface area contributed by atoms with Crippen LogP contribution in [0.4, 0.5) is 10.5 Å². The van der Waals surface area contributed by atoms with Crippen LogP contribution in [-0.4, -0.2) is 25.7 Å². The molecule has 2 N–H and O–H groups in total. The number of benzene rings is 2. The number of halogens is 1. The Morgan fingerprint density at radius 2 is 1.78 bits per heavy atom. The van der Waals surface area contributed by atoms with Crippen LogP contribution in [0.1, 0.15) is 0 Å². The van der Waals surface area contributed by atoms with E-state index < -0.39 is 11.9 Å². The van der Waals surface area contributed by atoms with Crippen molar-refractivity contribution >= 4 is 40.2 Å². The van der Waals surface area contributed by atoms with Crippen LogP contribution < -0.4 is 20.1 Å². The van der Waals surface area contributed by atoms with Gasteiger partial charge in [0, 0.05) is 5.69 Å². The number of hydrogen-bond donors (Lipinski definition) is 2. The Morgan fingerprint density at radius 3 is 2.43 bits per heavy atom. The second kappa shape index (κ2) is 8.37. The number of para-hydroxylation sites is 1. The number of imide groups is 1. The van der Waals surface area contributed by atoms with Gasteiger partial charge in [-0.25, -0.2) is 4.79 Å². The normalized spacial score (nSPS) is 9.83. The highest BCUT2D eigenvalue weighted by atomic mass is 127. The van der Waals surface area contributed by atoms with Crippen molar-refractivity contribution in [2.45, 2.75) is 0 Å². The molecule has 6 nitrogen and oxygen atoms in total. The molecule has 0 aliphatic heterocycles. The Balaban J connectivity index is 1.80. The van der Waals surface area contributed by atoms with E-state index in [0.717, 1.165) is 3.57 Å². The van der Waals surface area contributed by atoms with Gasteiger partial charge in [-0.3, -0.25) is 10.1 Å². The Kier molecular flexibility index (Phi) is 6.21. The first-order chi connectivity index (χ1) is 11.1. The molecular formula is C16H15IN2O4. The van der Waals surface area contributed by atoms with Crippen LogP contribution in [0.3, 0.4) is 0 Å². The van der Waals surface area contributed by atoms with Gasteiger partial charge >= 0.3 is 6.03 Å². The number of amides is 3. The van der Waals surface area contributed by atoms with E-state index in [1.54, 1.807) is 37.4 Å². The van der Waals surface area contributed by atoms with Crippen molar-refractivity contribution in [3.63, 3.8) is 0 Å². The molecule has 0 atom stereocenters. The standard InChI is InChI=1S/C16H15IN2O4/c1-22-12-8-6-11(7-9-12)18-16(21)19-15(20)10-23-14-5-3-2-4-13(14)17/h2-9H,10H2,1H3,(H2,18,19,20,21). The van der Waals surface area contributed by atoms with E-state index in [4.69, 9.17) is 9.47 Å². The van der Waals surface area contributed by atoms with Gasteiger partial charge in [0.15, 0.2) is 6.61 Å². The quantitative estimate of drug-likeness (QED) is 0.721. The Morgan fingerprint density at radius 1 is 1.09 bits per heavy atom. The topological polar surface area (TPSA) is 76.7 Å². The van der Waals surface area contributed by atoms with Crippen molar-refractivity contribution in [2.24, 2.45) is 0 Å². The zero-order valence-electron chi connectivity index (χ0n) is 12.3. The van der Waals surface area contributed by atoms with E-state index in [-0.39, 0.29) is 6.61 Å². The average molecular weight is 426 g/mol. The lowest BCUT2D eigenvalue weighted by Crippen LogP contribution is -2.37. The van der Waals surface area contributed by atoms with E-state index in [0.29, 0.717) is 17.2 Å². The zero-order chi connectivity index (χ0) is 16.7. The summed E-state index contributed by atoms with van der Waals surface area (Å²) in [6, 6.07) is 13.4. The number of urea groups is 1. The maximum absolute atomic E-state index is 11.7. The Labute approximate surface area is 147 Å². The zero-order valence-corrected chi connectivity index (χ0v) is 14.5. The summed E-state index contributed by atoms with van der Waals surface area (Å²) in [6.07, 6.45) is 0. The molecule has 0 radical (unpaired) electrons. The predicted octanol–water partition coefficient (Wildman–Crippen LogP) is 3.03. The maximum atomic E-state index is 11.7. The fourth-order valence-corrected chi connectivity index (χ4v) is 2.25. The molecular weight excluding hydrogens is 411 g/mol. The third kappa shape index (κ3) is 5.44. The first-order valence-electron chi connectivity index (χ1n) is 6.70. The van der Waals surface area contributed by atoms with Crippen LogP contribution in [0, 0.1) is 3.57 Å². The minimum Gasteiger partial charge on any atom is -0.497 e. The van der Waals surface area contributed by atoms with Crippen LogP contribution in [0.5, 0.6) is 11.5 Å². The van der Waals surface area contributed by atoms with E-state index in [2.05, 4.69) is 33.2 Å². The summed E-state index contributed by atoms with van der Waals surface area (Å²) in [7, 11) is 1.56. The summed E-state index contributed by atoms with van der Waals surface area (Å²) in [5.74, 6) is 0.743. The van der Waals surface area contributed by atoms with Gasteiger partial charge < -0.3 is 14.8 Å². The highest BCUT2D eigenvalue weighted by molar-refractivity contribution is 14.1. The number of anilines is 1. The summed E-state index contributed by atoms with van der Waals surface area (Å²) < 4.78 is 11.3. The maximum Gasteiger partial charge on any atom is 0.325 e. The molecule has 0 aliphatic carbocycles. The van der Waals surface area contributed by atoms with Crippen LogP contribution in [0.15, 0.2) is 48.5 Å². The van der Waals surface area contributed by atoms with Crippen molar-refractivity contribution in [1.29, 1.82) is 0 Å². The minimum absolute atomic E-state index is 0.240. The number of nitrogens with one attached hydrogen (secondary N) is 2. The van der Waals surface area contributed by atoms with E-state index in [9.17, 15) is 9.59 Å². The molecule has 0 spiro atoms. The molecule has 0 unspecified atom stereocenters. The molecule has 0 bridgehead atoms. The lowest BCUT2D eigenvalue weighted by molar-refractivity contribution is -0.121. The summed E-state index contributed by atoms with van der Waals surface area (Å²) in [4.78, 5) is 23.4.